The van der Waals surface area contributed by atoms with Crippen molar-refractivity contribution in [1.82, 2.24) is 10.3 Å². The molecule has 0 saturated carbocycles. The zero-order valence-corrected chi connectivity index (χ0v) is 14.9. The van der Waals surface area contributed by atoms with Crippen molar-refractivity contribution in [2.24, 2.45) is 0 Å². The lowest BCUT2D eigenvalue weighted by Crippen LogP contribution is -2.30. The van der Waals surface area contributed by atoms with Gasteiger partial charge in [-0.05, 0) is 43.5 Å². The summed E-state index contributed by atoms with van der Waals surface area (Å²) in [5.74, 6) is 0. The second kappa shape index (κ2) is 9.50. The summed E-state index contributed by atoms with van der Waals surface area (Å²) in [5, 5.41) is 8.57. The van der Waals surface area contributed by atoms with Gasteiger partial charge in [-0.25, -0.2) is 9.78 Å². The van der Waals surface area contributed by atoms with Crippen LogP contribution >= 0.6 is 11.3 Å². The van der Waals surface area contributed by atoms with Crippen LogP contribution in [-0.4, -0.2) is 43.5 Å². The van der Waals surface area contributed by atoms with Gasteiger partial charge in [0.2, 0.25) is 0 Å². The summed E-state index contributed by atoms with van der Waals surface area (Å²) in [6.07, 6.45) is 5.03. The van der Waals surface area contributed by atoms with Gasteiger partial charge in [-0.1, -0.05) is 0 Å². The fourth-order valence-corrected chi connectivity index (χ4v) is 3.25. The number of hydrogen-bond donors (Lipinski definition) is 2. The molecule has 6 nitrogen and oxygen atoms in total. The molecule has 25 heavy (non-hydrogen) atoms. The van der Waals surface area contributed by atoms with E-state index >= 15 is 0 Å². The Morgan fingerprint density at radius 2 is 2.24 bits per heavy atom. The van der Waals surface area contributed by atoms with Gasteiger partial charge >= 0.3 is 6.03 Å². The largest absolute Gasteiger partial charge is 0.379 e. The van der Waals surface area contributed by atoms with Crippen molar-refractivity contribution >= 4 is 23.1 Å². The van der Waals surface area contributed by atoms with Crippen molar-refractivity contribution < 1.29 is 14.3 Å². The number of nitrogens with zero attached hydrogens (tertiary/aromatic N) is 1. The number of aromatic nitrogens is 1. The Morgan fingerprint density at radius 1 is 1.36 bits per heavy atom. The van der Waals surface area contributed by atoms with E-state index in [0.717, 1.165) is 42.1 Å². The molecule has 0 aliphatic carbocycles. The lowest BCUT2D eigenvalue weighted by atomic mass is 10.2. The first kappa shape index (κ1) is 17.8. The van der Waals surface area contributed by atoms with E-state index in [4.69, 9.17) is 9.47 Å². The number of amides is 2. The van der Waals surface area contributed by atoms with E-state index in [-0.39, 0.29) is 12.1 Å². The van der Waals surface area contributed by atoms with Crippen LogP contribution in [-0.2, 0) is 9.47 Å². The van der Waals surface area contributed by atoms with Crippen LogP contribution in [0.25, 0.3) is 10.6 Å². The molecule has 1 fully saturated rings. The molecule has 1 aliphatic heterocycles. The Bertz CT molecular complexity index is 640. The van der Waals surface area contributed by atoms with Crippen LogP contribution in [0.5, 0.6) is 0 Å². The molecule has 2 N–H and O–H groups in total. The first-order valence-electron chi connectivity index (χ1n) is 8.55. The van der Waals surface area contributed by atoms with Gasteiger partial charge in [-0.3, -0.25) is 0 Å². The number of hydrogen-bond acceptors (Lipinski definition) is 5. The molecule has 0 radical (unpaired) electrons. The zero-order chi connectivity index (χ0) is 17.3. The average Bonchev–Trinajstić information content (AvgIpc) is 3.32. The smallest absolute Gasteiger partial charge is 0.319 e. The number of anilines is 1. The third-order valence-corrected chi connectivity index (χ3v) is 4.72. The van der Waals surface area contributed by atoms with Crippen molar-refractivity contribution in [3.63, 3.8) is 0 Å². The van der Waals surface area contributed by atoms with Crippen molar-refractivity contribution in [3.8, 4) is 10.6 Å². The molecule has 1 aromatic heterocycles. The van der Waals surface area contributed by atoms with Gasteiger partial charge in [0, 0.05) is 42.6 Å². The van der Waals surface area contributed by atoms with Crippen LogP contribution in [0.2, 0.25) is 0 Å². The summed E-state index contributed by atoms with van der Waals surface area (Å²) >= 11 is 1.59. The summed E-state index contributed by atoms with van der Waals surface area (Å²) in [5.41, 5.74) is 1.80. The second-order valence-corrected chi connectivity index (χ2v) is 6.75. The number of rotatable bonds is 8. The van der Waals surface area contributed by atoms with Gasteiger partial charge in [-0.2, -0.15) is 0 Å². The minimum atomic E-state index is -0.207. The molecule has 2 aromatic rings. The summed E-state index contributed by atoms with van der Waals surface area (Å²) < 4.78 is 11.1. The predicted molar refractivity (Wildman–Crippen MR) is 99.0 cm³/mol. The van der Waals surface area contributed by atoms with Gasteiger partial charge in [0.15, 0.2) is 0 Å². The molecule has 3 rings (SSSR count). The highest BCUT2D eigenvalue weighted by Gasteiger charge is 2.14. The van der Waals surface area contributed by atoms with E-state index < -0.39 is 0 Å². The number of nitrogens with one attached hydrogen (secondary N) is 2. The van der Waals surface area contributed by atoms with Crippen LogP contribution in [0.15, 0.2) is 35.8 Å². The van der Waals surface area contributed by atoms with Gasteiger partial charge < -0.3 is 20.1 Å². The molecule has 1 atom stereocenters. The molecule has 1 aliphatic rings. The maximum absolute atomic E-state index is 11.9. The van der Waals surface area contributed by atoms with E-state index in [1.54, 1.807) is 17.5 Å². The standard InChI is InChI=1S/C18H23N3O3S/c22-18(20-8-2-10-23-13-16-3-1-11-24-16)21-15-6-4-14(5-7-15)17-19-9-12-25-17/h4-7,9,12,16H,1-3,8,10-11,13H2,(H2,20,21,22)/t16-/m1/s1. The SMILES string of the molecule is O=C(NCCCOC[C@H]1CCCO1)Nc1ccc(-c2nccs2)cc1. The molecule has 134 valence electrons. The van der Waals surface area contributed by atoms with Crippen molar-refractivity contribution in [3.05, 3.63) is 35.8 Å². The lowest BCUT2D eigenvalue weighted by molar-refractivity contribution is 0.0168. The topological polar surface area (TPSA) is 72.5 Å². The van der Waals surface area contributed by atoms with Gasteiger partial charge in [0.1, 0.15) is 5.01 Å². The molecule has 2 heterocycles. The monoisotopic (exact) mass is 361 g/mol. The molecule has 1 saturated heterocycles. The summed E-state index contributed by atoms with van der Waals surface area (Å²) in [6.45, 7) is 2.70. The predicted octanol–water partition coefficient (Wildman–Crippen LogP) is 3.52. The normalized spacial score (nSPS) is 16.7. The highest BCUT2D eigenvalue weighted by Crippen LogP contribution is 2.23. The lowest BCUT2D eigenvalue weighted by Gasteiger charge is -2.11. The minimum absolute atomic E-state index is 0.207. The van der Waals surface area contributed by atoms with E-state index in [0.29, 0.717) is 19.8 Å². The number of carbonyl (C=O) groups is 1. The first-order valence-corrected chi connectivity index (χ1v) is 9.43. The van der Waals surface area contributed by atoms with Crippen LogP contribution in [0, 0.1) is 0 Å². The number of carbonyl (C=O) groups excluding carboxylic acids is 1. The van der Waals surface area contributed by atoms with E-state index in [2.05, 4.69) is 15.6 Å². The molecular formula is C18H23N3O3S. The fourth-order valence-electron chi connectivity index (χ4n) is 2.60. The summed E-state index contributed by atoms with van der Waals surface area (Å²) in [6, 6.07) is 7.45. The Morgan fingerprint density at radius 3 is 2.96 bits per heavy atom. The Labute approximate surface area is 151 Å². The van der Waals surface area contributed by atoms with Crippen molar-refractivity contribution in [1.29, 1.82) is 0 Å². The molecule has 1 aromatic carbocycles. The summed E-state index contributed by atoms with van der Waals surface area (Å²) in [4.78, 5) is 16.1. The van der Waals surface area contributed by atoms with E-state index in [9.17, 15) is 4.79 Å². The highest BCUT2D eigenvalue weighted by molar-refractivity contribution is 7.13. The molecular weight excluding hydrogens is 338 g/mol. The van der Waals surface area contributed by atoms with Crippen LogP contribution in [0.1, 0.15) is 19.3 Å². The maximum Gasteiger partial charge on any atom is 0.319 e. The molecule has 7 heteroatoms. The Kier molecular flexibility index (Phi) is 6.79. The molecule has 0 bridgehead atoms. The van der Waals surface area contributed by atoms with Crippen molar-refractivity contribution in [2.75, 3.05) is 31.7 Å². The third-order valence-electron chi connectivity index (χ3n) is 3.90. The first-order chi connectivity index (χ1) is 12.3. The summed E-state index contributed by atoms with van der Waals surface area (Å²) in [7, 11) is 0. The van der Waals surface area contributed by atoms with Crippen LogP contribution < -0.4 is 10.6 Å². The fraction of sp³-hybridized carbons (Fsp3) is 0.444. The van der Waals surface area contributed by atoms with Gasteiger partial charge in [-0.15, -0.1) is 11.3 Å². The van der Waals surface area contributed by atoms with Gasteiger partial charge in [0.05, 0.1) is 12.7 Å². The Hall–Kier alpha value is -1.96. The second-order valence-electron chi connectivity index (χ2n) is 5.86. The number of thiazole rings is 1. The number of urea groups is 1. The van der Waals surface area contributed by atoms with E-state index in [1.807, 2.05) is 29.6 Å². The molecule has 0 spiro atoms. The average molecular weight is 361 g/mol. The highest BCUT2D eigenvalue weighted by atomic mass is 32.1. The molecule has 2 amide bonds. The quantitative estimate of drug-likeness (QED) is 0.706. The van der Waals surface area contributed by atoms with Crippen LogP contribution in [0.3, 0.4) is 0 Å². The number of ether oxygens (including phenoxy) is 2. The molecule has 0 unspecified atom stereocenters. The maximum atomic E-state index is 11.9. The van der Waals surface area contributed by atoms with Crippen molar-refractivity contribution in [2.45, 2.75) is 25.4 Å². The zero-order valence-electron chi connectivity index (χ0n) is 14.1. The Balaban J connectivity index is 1.29. The number of benzene rings is 1. The van der Waals surface area contributed by atoms with Gasteiger partial charge in [0.25, 0.3) is 0 Å². The van der Waals surface area contributed by atoms with Crippen LogP contribution in [0.4, 0.5) is 10.5 Å². The minimum Gasteiger partial charge on any atom is -0.379 e. The van der Waals surface area contributed by atoms with E-state index in [1.165, 1.54) is 0 Å². The third kappa shape index (κ3) is 5.81.